The maximum atomic E-state index is 14.0. The number of ether oxygens (including phenoxy) is 1. The standard InChI is InChI=1S/C21H15ClF4N6O2/c1-27-17-10-32-18(30-17)5-4-16(31-32)12-7-14(19(22)28-9-12)20(33)29-8-11-6-13(2-3-15(11)23)34-21(24,25)26/h2-7,9-10,27H,8H2,1H3,(H,29,33). The summed E-state index contributed by atoms with van der Waals surface area (Å²) in [5, 5.41) is 9.65. The van der Waals surface area contributed by atoms with Crippen molar-refractivity contribution >= 4 is 29.0 Å². The summed E-state index contributed by atoms with van der Waals surface area (Å²) in [6.45, 7) is -0.410. The minimum atomic E-state index is -4.93. The second kappa shape index (κ2) is 9.14. The third-order valence-electron chi connectivity index (χ3n) is 4.65. The lowest BCUT2D eigenvalue weighted by Crippen LogP contribution is -2.24. The van der Waals surface area contributed by atoms with Gasteiger partial charge in [0.25, 0.3) is 5.91 Å². The molecule has 0 saturated carbocycles. The Morgan fingerprint density at radius 2 is 2.00 bits per heavy atom. The number of carbonyl (C=O) groups is 1. The molecule has 0 aliphatic carbocycles. The highest BCUT2D eigenvalue weighted by Crippen LogP contribution is 2.25. The fraction of sp³-hybridized carbons (Fsp3) is 0.143. The normalized spacial score (nSPS) is 11.5. The maximum Gasteiger partial charge on any atom is 0.573 e. The molecule has 34 heavy (non-hydrogen) atoms. The molecular formula is C21H15ClF4N6O2. The van der Waals surface area contributed by atoms with Crippen LogP contribution in [-0.2, 0) is 6.54 Å². The van der Waals surface area contributed by atoms with Gasteiger partial charge in [0.05, 0.1) is 17.5 Å². The minimum Gasteiger partial charge on any atom is -0.406 e. The molecule has 8 nitrogen and oxygen atoms in total. The number of alkyl halides is 3. The predicted octanol–water partition coefficient (Wildman–Crippen LogP) is 4.45. The van der Waals surface area contributed by atoms with Gasteiger partial charge in [-0.2, -0.15) is 5.10 Å². The van der Waals surface area contributed by atoms with E-state index in [1.54, 1.807) is 29.9 Å². The van der Waals surface area contributed by atoms with Gasteiger partial charge in [-0.15, -0.1) is 13.2 Å². The number of carbonyl (C=O) groups excluding carboxylic acids is 1. The number of fused-ring (bicyclic) bond motifs is 1. The summed E-state index contributed by atoms with van der Waals surface area (Å²) in [5.41, 5.74) is 1.33. The van der Waals surface area contributed by atoms with Crippen molar-refractivity contribution in [2.75, 3.05) is 12.4 Å². The SMILES string of the molecule is CNc1cn2nc(-c3cnc(Cl)c(C(=O)NCc4cc(OC(F)(F)F)ccc4F)c3)ccc2n1. The third-order valence-corrected chi connectivity index (χ3v) is 4.95. The van der Waals surface area contributed by atoms with Crippen molar-refractivity contribution in [3.63, 3.8) is 0 Å². The number of rotatable bonds is 6. The van der Waals surface area contributed by atoms with Crippen LogP contribution < -0.4 is 15.4 Å². The molecule has 4 aromatic rings. The van der Waals surface area contributed by atoms with Gasteiger partial charge in [-0.05, 0) is 36.4 Å². The molecular weight excluding hydrogens is 480 g/mol. The van der Waals surface area contributed by atoms with E-state index in [0.717, 1.165) is 18.2 Å². The Hall–Kier alpha value is -3.93. The van der Waals surface area contributed by atoms with Crippen molar-refractivity contribution in [2.24, 2.45) is 0 Å². The van der Waals surface area contributed by atoms with Crippen molar-refractivity contribution in [3.05, 3.63) is 70.9 Å². The van der Waals surface area contributed by atoms with E-state index in [-0.39, 0.29) is 16.3 Å². The quantitative estimate of drug-likeness (QED) is 0.304. The summed E-state index contributed by atoms with van der Waals surface area (Å²) in [6, 6.07) is 7.38. The summed E-state index contributed by atoms with van der Waals surface area (Å²) in [5.74, 6) is -1.51. The van der Waals surface area contributed by atoms with Gasteiger partial charge in [0.2, 0.25) is 0 Å². The first kappa shape index (κ1) is 23.2. The topological polar surface area (TPSA) is 93.4 Å². The van der Waals surface area contributed by atoms with Gasteiger partial charge in [-0.1, -0.05) is 11.6 Å². The number of nitrogens with one attached hydrogen (secondary N) is 2. The van der Waals surface area contributed by atoms with Gasteiger partial charge < -0.3 is 15.4 Å². The molecule has 0 spiro atoms. The molecule has 1 amide bonds. The minimum absolute atomic E-state index is 0.0225. The van der Waals surface area contributed by atoms with Crippen LogP contribution in [0.4, 0.5) is 23.4 Å². The molecule has 0 saturated heterocycles. The number of imidazole rings is 1. The van der Waals surface area contributed by atoms with Crippen LogP contribution in [0.15, 0.2) is 48.8 Å². The Balaban J connectivity index is 1.54. The predicted molar refractivity (Wildman–Crippen MR) is 115 cm³/mol. The monoisotopic (exact) mass is 494 g/mol. The second-order valence-electron chi connectivity index (χ2n) is 6.94. The van der Waals surface area contributed by atoms with Crippen LogP contribution in [0, 0.1) is 5.82 Å². The zero-order valence-electron chi connectivity index (χ0n) is 17.3. The average Bonchev–Trinajstić information content (AvgIpc) is 3.21. The molecule has 0 atom stereocenters. The van der Waals surface area contributed by atoms with E-state index in [1.807, 2.05) is 0 Å². The molecule has 1 aromatic carbocycles. The number of aromatic nitrogens is 4. The van der Waals surface area contributed by atoms with Gasteiger partial charge in [-0.3, -0.25) is 4.79 Å². The summed E-state index contributed by atoms with van der Waals surface area (Å²) in [4.78, 5) is 21.0. The van der Waals surface area contributed by atoms with Crippen molar-refractivity contribution in [1.29, 1.82) is 0 Å². The summed E-state index contributed by atoms with van der Waals surface area (Å²) in [7, 11) is 1.72. The highest BCUT2D eigenvalue weighted by molar-refractivity contribution is 6.32. The summed E-state index contributed by atoms with van der Waals surface area (Å²) >= 11 is 6.07. The third kappa shape index (κ3) is 5.17. The van der Waals surface area contributed by atoms with Crippen molar-refractivity contribution in [3.8, 4) is 17.0 Å². The van der Waals surface area contributed by atoms with E-state index in [0.29, 0.717) is 22.7 Å². The Morgan fingerprint density at radius 3 is 2.74 bits per heavy atom. The van der Waals surface area contributed by atoms with Crippen LogP contribution in [0.25, 0.3) is 16.9 Å². The average molecular weight is 495 g/mol. The second-order valence-corrected chi connectivity index (χ2v) is 7.30. The smallest absolute Gasteiger partial charge is 0.406 e. The van der Waals surface area contributed by atoms with Crippen LogP contribution >= 0.6 is 11.6 Å². The number of halogens is 5. The van der Waals surface area contributed by atoms with Crippen molar-refractivity contribution in [2.45, 2.75) is 12.9 Å². The molecule has 4 rings (SSSR count). The summed E-state index contributed by atoms with van der Waals surface area (Å²) < 4.78 is 56.6. The highest BCUT2D eigenvalue weighted by Gasteiger charge is 2.31. The van der Waals surface area contributed by atoms with Gasteiger partial charge in [-0.25, -0.2) is 18.9 Å². The fourth-order valence-corrected chi connectivity index (χ4v) is 3.25. The van der Waals surface area contributed by atoms with Gasteiger partial charge >= 0.3 is 6.36 Å². The molecule has 0 aliphatic rings. The van der Waals surface area contributed by atoms with Crippen LogP contribution in [0.2, 0.25) is 5.15 Å². The first-order valence-corrected chi connectivity index (χ1v) is 10.0. The highest BCUT2D eigenvalue weighted by atomic mass is 35.5. The molecule has 2 N–H and O–H groups in total. The van der Waals surface area contributed by atoms with Crippen LogP contribution in [0.1, 0.15) is 15.9 Å². The Kier molecular flexibility index (Phi) is 6.24. The molecule has 0 unspecified atom stereocenters. The van der Waals surface area contributed by atoms with Gasteiger partial charge in [0.15, 0.2) is 5.65 Å². The lowest BCUT2D eigenvalue weighted by Gasteiger charge is -2.12. The summed E-state index contributed by atoms with van der Waals surface area (Å²) in [6.07, 6.45) is -1.82. The molecule has 0 radical (unpaired) electrons. The van der Waals surface area contributed by atoms with Gasteiger partial charge in [0, 0.05) is 30.9 Å². The van der Waals surface area contributed by atoms with Crippen LogP contribution in [0.5, 0.6) is 5.75 Å². The lowest BCUT2D eigenvalue weighted by molar-refractivity contribution is -0.274. The number of anilines is 1. The first-order chi connectivity index (χ1) is 16.1. The maximum absolute atomic E-state index is 14.0. The fourth-order valence-electron chi connectivity index (χ4n) is 3.06. The van der Waals surface area contributed by atoms with Crippen LogP contribution in [0.3, 0.4) is 0 Å². The zero-order valence-corrected chi connectivity index (χ0v) is 18.1. The van der Waals surface area contributed by atoms with Crippen molar-refractivity contribution < 1.29 is 27.1 Å². The number of pyridine rings is 1. The number of hydrogen-bond donors (Lipinski definition) is 2. The van der Waals surface area contributed by atoms with Gasteiger partial charge in [0.1, 0.15) is 22.5 Å². The molecule has 176 valence electrons. The van der Waals surface area contributed by atoms with E-state index in [9.17, 15) is 22.4 Å². The molecule has 0 bridgehead atoms. The first-order valence-electron chi connectivity index (χ1n) is 9.65. The van der Waals surface area contributed by atoms with E-state index in [4.69, 9.17) is 11.6 Å². The largest absolute Gasteiger partial charge is 0.573 e. The van der Waals surface area contributed by atoms with Crippen molar-refractivity contribution in [1.82, 2.24) is 24.9 Å². The van der Waals surface area contributed by atoms with Crippen LogP contribution in [-0.4, -0.2) is 38.9 Å². The number of nitrogens with zero attached hydrogens (tertiary/aromatic N) is 4. The molecule has 0 fully saturated rings. The number of hydrogen-bond acceptors (Lipinski definition) is 6. The molecule has 13 heteroatoms. The Labute approximate surface area is 194 Å². The zero-order chi connectivity index (χ0) is 24.5. The molecule has 3 heterocycles. The lowest BCUT2D eigenvalue weighted by atomic mass is 10.1. The Bertz CT molecular complexity index is 1380. The van der Waals surface area contributed by atoms with E-state index < -0.39 is 30.4 Å². The molecule has 3 aromatic heterocycles. The van der Waals surface area contributed by atoms with E-state index >= 15 is 0 Å². The number of benzene rings is 1. The number of amides is 1. The molecule has 0 aliphatic heterocycles. The Morgan fingerprint density at radius 1 is 1.21 bits per heavy atom. The van der Waals surface area contributed by atoms with E-state index in [2.05, 4.69) is 30.4 Å². The van der Waals surface area contributed by atoms with E-state index in [1.165, 1.54) is 12.3 Å².